The number of hydrogen-bond donors (Lipinski definition) is 2. The molecule has 1 aromatic carbocycles. The molecule has 1 saturated heterocycles. The van der Waals surface area contributed by atoms with Crippen molar-refractivity contribution in [3.05, 3.63) is 54.9 Å². The fraction of sp³-hybridized carbons (Fsp3) is 0.292. The van der Waals surface area contributed by atoms with Crippen LogP contribution in [0.5, 0.6) is 5.75 Å². The molecule has 33 heavy (non-hydrogen) atoms. The summed E-state index contributed by atoms with van der Waals surface area (Å²) in [6.07, 6.45) is 4.88. The first-order valence-electron chi connectivity index (χ1n) is 10.8. The van der Waals surface area contributed by atoms with Crippen LogP contribution in [0.2, 0.25) is 0 Å². The smallest absolute Gasteiger partial charge is 0.227 e. The van der Waals surface area contributed by atoms with E-state index in [1.807, 2.05) is 24.3 Å². The van der Waals surface area contributed by atoms with Crippen molar-refractivity contribution in [3.63, 3.8) is 0 Å². The molecule has 0 saturated carbocycles. The van der Waals surface area contributed by atoms with Crippen molar-refractivity contribution in [3.8, 4) is 17.0 Å². The van der Waals surface area contributed by atoms with E-state index in [0.717, 1.165) is 17.1 Å². The van der Waals surface area contributed by atoms with Crippen LogP contribution in [0.15, 0.2) is 54.9 Å². The normalized spacial score (nSPS) is 13.9. The number of benzene rings is 1. The maximum absolute atomic E-state index is 12.9. The Labute approximate surface area is 192 Å². The molecule has 9 heteroatoms. The molecule has 1 aliphatic rings. The molecule has 3 heterocycles. The van der Waals surface area contributed by atoms with Crippen LogP contribution >= 0.6 is 0 Å². The van der Waals surface area contributed by atoms with Crippen molar-refractivity contribution < 1.29 is 14.3 Å². The summed E-state index contributed by atoms with van der Waals surface area (Å²) >= 11 is 0. The lowest BCUT2D eigenvalue weighted by molar-refractivity contribution is -0.120. The van der Waals surface area contributed by atoms with E-state index in [1.165, 1.54) is 6.92 Å². The summed E-state index contributed by atoms with van der Waals surface area (Å²) in [5.41, 5.74) is 2.83. The molecule has 3 aromatic rings. The lowest BCUT2D eigenvalue weighted by Gasteiger charge is -2.32. The van der Waals surface area contributed by atoms with Crippen LogP contribution in [-0.4, -0.2) is 47.2 Å². The van der Waals surface area contributed by atoms with Gasteiger partial charge in [-0.05, 0) is 55.3 Å². The SMILES string of the molecule is COc1ccc(NC(C)=O)cc1NC(=O)C1CCN(c2ccc(-c3cccnc3)nn2)CC1. The second-order valence-corrected chi connectivity index (χ2v) is 7.87. The Morgan fingerprint density at radius 3 is 2.52 bits per heavy atom. The van der Waals surface area contributed by atoms with Gasteiger partial charge in [-0.15, -0.1) is 10.2 Å². The number of ether oxygens (including phenoxy) is 1. The molecule has 0 bridgehead atoms. The molecule has 0 spiro atoms. The van der Waals surface area contributed by atoms with E-state index in [-0.39, 0.29) is 17.7 Å². The minimum atomic E-state index is -0.179. The standard InChI is InChI=1S/C24H26N6O3/c1-16(31)26-19-5-7-22(33-2)21(14-19)27-24(32)17-9-12-30(13-10-17)23-8-6-20(28-29-23)18-4-3-11-25-15-18/h3-8,11,14-15,17H,9-10,12-13H2,1-2H3,(H,26,31)(H,27,32). The highest BCUT2D eigenvalue weighted by Gasteiger charge is 2.26. The molecule has 0 radical (unpaired) electrons. The highest BCUT2D eigenvalue weighted by molar-refractivity contribution is 5.96. The van der Waals surface area contributed by atoms with Gasteiger partial charge in [0.15, 0.2) is 5.82 Å². The Morgan fingerprint density at radius 1 is 1.06 bits per heavy atom. The molecule has 1 aliphatic heterocycles. The second kappa shape index (κ2) is 10.1. The van der Waals surface area contributed by atoms with Crippen molar-refractivity contribution >= 4 is 29.0 Å². The van der Waals surface area contributed by atoms with E-state index in [2.05, 4.69) is 30.7 Å². The van der Waals surface area contributed by atoms with Crippen LogP contribution in [0.1, 0.15) is 19.8 Å². The number of piperidine rings is 1. The Balaban J connectivity index is 1.36. The van der Waals surface area contributed by atoms with Gasteiger partial charge in [-0.1, -0.05) is 0 Å². The number of anilines is 3. The summed E-state index contributed by atoms with van der Waals surface area (Å²) in [6.45, 7) is 2.86. The van der Waals surface area contributed by atoms with Gasteiger partial charge in [0.25, 0.3) is 0 Å². The molecule has 2 aromatic heterocycles. The van der Waals surface area contributed by atoms with E-state index >= 15 is 0 Å². The van der Waals surface area contributed by atoms with Gasteiger partial charge in [0.05, 0.1) is 18.5 Å². The average Bonchev–Trinajstić information content (AvgIpc) is 2.85. The highest BCUT2D eigenvalue weighted by atomic mass is 16.5. The number of amides is 2. The number of nitrogens with one attached hydrogen (secondary N) is 2. The molecule has 2 N–H and O–H groups in total. The Bertz CT molecular complexity index is 1110. The maximum Gasteiger partial charge on any atom is 0.227 e. The van der Waals surface area contributed by atoms with Gasteiger partial charge in [0.2, 0.25) is 11.8 Å². The summed E-state index contributed by atoms with van der Waals surface area (Å²) < 4.78 is 5.36. The number of rotatable bonds is 6. The van der Waals surface area contributed by atoms with E-state index in [0.29, 0.717) is 43.1 Å². The highest BCUT2D eigenvalue weighted by Crippen LogP contribution is 2.30. The number of aromatic nitrogens is 3. The van der Waals surface area contributed by atoms with Crippen LogP contribution in [-0.2, 0) is 9.59 Å². The first kappa shape index (κ1) is 22.2. The molecule has 0 aliphatic carbocycles. The third-order valence-electron chi connectivity index (χ3n) is 5.58. The van der Waals surface area contributed by atoms with E-state index in [4.69, 9.17) is 4.74 Å². The molecule has 4 rings (SSSR count). The minimum absolute atomic E-state index is 0.0639. The van der Waals surface area contributed by atoms with Gasteiger partial charge in [0.1, 0.15) is 5.75 Å². The fourth-order valence-corrected chi connectivity index (χ4v) is 3.85. The Kier molecular flexibility index (Phi) is 6.77. The largest absolute Gasteiger partial charge is 0.495 e. The van der Waals surface area contributed by atoms with Crippen LogP contribution < -0.4 is 20.3 Å². The molecule has 0 unspecified atom stereocenters. The molecular weight excluding hydrogens is 420 g/mol. The van der Waals surface area contributed by atoms with Crippen LogP contribution in [0.4, 0.5) is 17.2 Å². The minimum Gasteiger partial charge on any atom is -0.495 e. The van der Waals surface area contributed by atoms with Crippen LogP contribution in [0, 0.1) is 5.92 Å². The van der Waals surface area contributed by atoms with Crippen LogP contribution in [0.25, 0.3) is 11.3 Å². The number of hydrogen-bond acceptors (Lipinski definition) is 7. The second-order valence-electron chi connectivity index (χ2n) is 7.87. The maximum atomic E-state index is 12.9. The number of nitrogens with zero attached hydrogens (tertiary/aromatic N) is 4. The first-order valence-corrected chi connectivity index (χ1v) is 10.8. The van der Waals surface area contributed by atoms with Gasteiger partial charge >= 0.3 is 0 Å². The van der Waals surface area contributed by atoms with Crippen molar-refractivity contribution in [2.75, 3.05) is 35.7 Å². The van der Waals surface area contributed by atoms with Crippen molar-refractivity contribution in [1.82, 2.24) is 15.2 Å². The van der Waals surface area contributed by atoms with E-state index < -0.39 is 0 Å². The summed E-state index contributed by atoms with van der Waals surface area (Å²) in [5.74, 6) is 0.968. The van der Waals surface area contributed by atoms with Crippen LogP contribution in [0.3, 0.4) is 0 Å². The van der Waals surface area contributed by atoms with Crippen molar-refractivity contribution in [2.24, 2.45) is 5.92 Å². The first-order chi connectivity index (χ1) is 16.0. The van der Waals surface area contributed by atoms with Gasteiger partial charge in [-0.3, -0.25) is 14.6 Å². The zero-order chi connectivity index (χ0) is 23.2. The molecule has 1 fully saturated rings. The van der Waals surface area contributed by atoms with Crippen molar-refractivity contribution in [1.29, 1.82) is 0 Å². The quantitative estimate of drug-likeness (QED) is 0.597. The zero-order valence-electron chi connectivity index (χ0n) is 18.6. The number of carbonyl (C=O) groups excluding carboxylic acids is 2. The summed E-state index contributed by atoms with van der Waals surface area (Å²) in [4.78, 5) is 30.5. The number of pyridine rings is 1. The lowest BCUT2D eigenvalue weighted by Crippen LogP contribution is -2.38. The Hall–Kier alpha value is -4.01. The van der Waals surface area contributed by atoms with Crippen molar-refractivity contribution in [2.45, 2.75) is 19.8 Å². The molecule has 0 atom stereocenters. The Morgan fingerprint density at radius 2 is 1.88 bits per heavy atom. The summed E-state index contributed by atoms with van der Waals surface area (Å²) in [5, 5.41) is 14.4. The average molecular weight is 447 g/mol. The molecule has 170 valence electrons. The lowest BCUT2D eigenvalue weighted by atomic mass is 9.95. The van der Waals surface area contributed by atoms with Gasteiger partial charge in [0, 0.05) is 49.6 Å². The van der Waals surface area contributed by atoms with Gasteiger partial charge in [-0.2, -0.15) is 0 Å². The topological polar surface area (TPSA) is 109 Å². The third-order valence-corrected chi connectivity index (χ3v) is 5.58. The van der Waals surface area contributed by atoms with E-state index in [9.17, 15) is 9.59 Å². The molecular formula is C24H26N6O3. The molecule has 2 amide bonds. The monoisotopic (exact) mass is 446 g/mol. The third kappa shape index (κ3) is 5.43. The fourth-order valence-electron chi connectivity index (χ4n) is 3.85. The zero-order valence-corrected chi connectivity index (χ0v) is 18.6. The van der Waals surface area contributed by atoms with E-state index in [1.54, 1.807) is 37.7 Å². The van der Waals surface area contributed by atoms with Gasteiger partial charge < -0.3 is 20.3 Å². The predicted molar refractivity (Wildman–Crippen MR) is 126 cm³/mol. The summed E-state index contributed by atoms with van der Waals surface area (Å²) in [7, 11) is 1.54. The number of carbonyl (C=O) groups is 2. The summed E-state index contributed by atoms with van der Waals surface area (Å²) in [6, 6.07) is 12.9. The molecule has 9 nitrogen and oxygen atoms in total. The predicted octanol–water partition coefficient (Wildman–Crippen LogP) is 3.36. The van der Waals surface area contributed by atoms with Gasteiger partial charge in [-0.25, -0.2) is 0 Å². The number of methoxy groups -OCH3 is 1.